The molecule has 1 atom stereocenters. The van der Waals surface area contributed by atoms with Crippen molar-refractivity contribution in [1.82, 2.24) is 9.03 Å². The van der Waals surface area contributed by atoms with Crippen LogP contribution in [0.1, 0.15) is 45.4 Å². The third-order valence-corrected chi connectivity index (χ3v) is 5.06. The Labute approximate surface area is 111 Å². The Kier molecular flexibility index (Phi) is 7.14. The van der Waals surface area contributed by atoms with Crippen molar-refractivity contribution in [2.24, 2.45) is 11.7 Å². The molecule has 1 saturated heterocycles. The van der Waals surface area contributed by atoms with E-state index < -0.39 is 10.2 Å². The Morgan fingerprint density at radius 3 is 2.44 bits per heavy atom. The zero-order valence-electron chi connectivity index (χ0n) is 11.4. The molecule has 3 N–H and O–H groups in total. The van der Waals surface area contributed by atoms with E-state index in [4.69, 9.17) is 5.73 Å². The highest BCUT2D eigenvalue weighted by Gasteiger charge is 2.24. The Bertz CT molecular complexity index is 307. The van der Waals surface area contributed by atoms with Gasteiger partial charge in [-0.1, -0.05) is 19.8 Å². The summed E-state index contributed by atoms with van der Waals surface area (Å²) in [7, 11) is -3.27. The van der Waals surface area contributed by atoms with E-state index >= 15 is 0 Å². The van der Waals surface area contributed by atoms with E-state index in [0.29, 0.717) is 32.1 Å². The topological polar surface area (TPSA) is 75.4 Å². The summed E-state index contributed by atoms with van der Waals surface area (Å²) in [4.78, 5) is 0. The monoisotopic (exact) mass is 277 g/mol. The molecule has 1 heterocycles. The third-order valence-electron chi connectivity index (χ3n) is 3.48. The summed E-state index contributed by atoms with van der Waals surface area (Å²) >= 11 is 0. The van der Waals surface area contributed by atoms with Gasteiger partial charge in [0.1, 0.15) is 0 Å². The van der Waals surface area contributed by atoms with E-state index in [9.17, 15) is 8.42 Å². The molecule has 0 spiro atoms. The number of nitrogens with one attached hydrogen (secondary N) is 1. The van der Waals surface area contributed by atoms with Crippen molar-refractivity contribution in [3.8, 4) is 0 Å². The van der Waals surface area contributed by atoms with Crippen molar-refractivity contribution in [3.63, 3.8) is 0 Å². The van der Waals surface area contributed by atoms with Crippen molar-refractivity contribution < 1.29 is 8.42 Å². The van der Waals surface area contributed by atoms with Crippen LogP contribution in [0.5, 0.6) is 0 Å². The second kappa shape index (κ2) is 8.09. The van der Waals surface area contributed by atoms with Gasteiger partial charge in [0.25, 0.3) is 10.2 Å². The van der Waals surface area contributed by atoms with Crippen molar-refractivity contribution in [2.75, 3.05) is 26.2 Å². The van der Waals surface area contributed by atoms with E-state index in [2.05, 4.69) is 11.6 Å². The van der Waals surface area contributed by atoms with Gasteiger partial charge in [0.2, 0.25) is 0 Å². The van der Waals surface area contributed by atoms with E-state index in [-0.39, 0.29) is 0 Å². The maximum absolute atomic E-state index is 12.1. The summed E-state index contributed by atoms with van der Waals surface area (Å²) in [6, 6.07) is 0. The minimum Gasteiger partial charge on any atom is -0.330 e. The van der Waals surface area contributed by atoms with E-state index in [1.165, 1.54) is 0 Å². The van der Waals surface area contributed by atoms with Gasteiger partial charge >= 0.3 is 0 Å². The molecule has 1 fully saturated rings. The van der Waals surface area contributed by atoms with Gasteiger partial charge in [0, 0.05) is 19.6 Å². The summed E-state index contributed by atoms with van der Waals surface area (Å²) in [5.41, 5.74) is 5.55. The molecule has 6 heteroatoms. The summed E-state index contributed by atoms with van der Waals surface area (Å²) in [6.45, 7) is 4.57. The minimum absolute atomic E-state index is 0.361. The lowest BCUT2D eigenvalue weighted by molar-refractivity contribution is 0.337. The van der Waals surface area contributed by atoms with Gasteiger partial charge in [0.15, 0.2) is 0 Å². The van der Waals surface area contributed by atoms with Gasteiger partial charge in [0.05, 0.1) is 0 Å². The number of rotatable bonds is 8. The molecule has 1 rings (SSSR count). The number of nitrogens with two attached hydrogens (primary N) is 1. The van der Waals surface area contributed by atoms with Crippen LogP contribution in [0.3, 0.4) is 0 Å². The lowest BCUT2D eigenvalue weighted by atomic mass is 10.0. The first-order chi connectivity index (χ1) is 8.60. The molecule has 0 radical (unpaired) electrons. The van der Waals surface area contributed by atoms with E-state index in [1.807, 2.05) is 0 Å². The summed E-state index contributed by atoms with van der Waals surface area (Å²) < 4.78 is 28.5. The maximum atomic E-state index is 12.1. The molecule has 0 aliphatic carbocycles. The third kappa shape index (κ3) is 5.22. The smallest absolute Gasteiger partial charge is 0.279 e. The molecule has 0 aromatic carbocycles. The molecule has 0 amide bonds. The molecule has 108 valence electrons. The quantitative estimate of drug-likeness (QED) is 0.697. The number of nitrogens with zero attached hydrogens (tertiary/aromatic N) is 1. The minimum atomic E-state index is -3.27. The largest absolute Gasteiger partial charge is 0.330 e. The van der Waals surface area contributed by atoms with Crippen LogP contribution in [0.15, 0.2) is 0 Å². The van der Waals surface area contributed by atoms with Crippen LogP contribution < -0.4 is 10.5 Å². The molecule has 18 heavy (non-hydrogen) atoms. The Balaban J connectivity index is 2.43. The van der Waals surface area contributed by atoms with E-state index in [0.717, 1.165) is 38.5 Å². The van der Waals surface area contributed by atoms with Crippen LogP contribution in [-0.2, 0) is 10.2 Å². The van der Waals surface area contributed by atoms with Gasteiger partial charge in [-0.05, 0) is 38.1 Å². The highest BCUT2D eigenvalue weighted by Crippen LogP contribution is 2.14. The van der Waals surface area contributed by atoms with Crippen molar-refractivity contribution in [2.45, 2.75) is 45.4 Å². The second-order valence-corrected chi connectivity index (χ2v) is 6.80. The Morgan fingerprint density at radius 1 is 1.22 bits per heavy atom. The average Bonchev–Trinajstić information content (AvgIpc) is 2.38. The predicted molar refractivity (Wildman–Crippen MR) is 74.4 cm³/mol. The molecule has 1 aliphatic heterocycles. The van der Waals surface area contributed by atoms with Crippen molar-refractivity contribution in [3.05, 3.63) is 0 Å². The molecular weight excluding hydrogens is 250 g/mol. The molecule has 0 aromatic heterocycles. The molecule has 0 aromatic rings. The summed E-state index contributed by atoms with van der Waals surface area (Å²) in [5.74, 6) is 0.361. The number of hydrogen-bond donors (Lipinski definition) is 2. The fourth-order valence-electron chi connectivity index (χ4n) is 2.41. The lowest BCUT2D eigenvalue weighted by Crippen LogP contribution is -2.44. The molecular formula is C12H27N3O2S. The normalized spacial score (nSPS) is 19.9. The summed E-state index contributed by atoms with van der Waals surface area (Å²) in [6.07, 6.45) is 6.06. The van der Waals surface area contributed by atoms with Crippen LogP contribution in [0.2, 0.25) is 0 Å². The van der Waals surface area contributed by atoms with Gasteiger partial charge in [-0.2, -0.15) is 12.7 Å². The van der Waals surface area contributed by atoms with Crippen LogP contribution in [0.25, 0.3) is 0 Å². The highest BCUT2D eigenvalue weighted by molar-refractivity contribution is 7.87. The molecule has 1 unspecified atom stereocenters. The maximum Gasteiger partial charge on any atom is 0.279 e. The first kappa shape index (κ1) is 15.9. The van der Waals surface area contributed by atoms with Crippen molar-refractivity contribution >= 4 is 10.2 Å². The first-order valence-electron chi connectivity index (χ1n) is 7.05. The van der Waals surface area contributed by atoms with Gasteiger partial charge in [-0.25, -0.2) is 4.72 Å². The first-order valence-corrected chi connectivity index (χ1v) is 8.49. The average molecular weight is 277 g/mol. The highest BCUT2D eigenvalue weighted by atomic mass is 32.2. The fourth-order valence-corrected chi connectivity index (χ4v) is 3.78. The molecule has 0 saturated carbocycles. The summed E-state index contributed by atoms with van der Waals surface area (Å²) in [5, 5.41) is 0. The fraction of sp³-hybridized carbons (Fsp3) is 1.00. The number of piperidine rings is 1. The van der Waals surface area contributed by atoms with Gasteiger partial charge in [-0.15, -0.1) is 0 Å². The molecule has 1 aliphatic rings. The zero-order valence-corrected chi connectivity index (χ0v) is 12.2. The second-order valence-electron chi connectivity index (χ2n) is 5.05. The lowest BCUT2D eigenvalue weighted by Gasteiger charge is -2.27. The molecule has 0 bridgehead atoms. The molecule has 5 nitrogen and oxygen atoms in total. The van der Waals surface area contributed by atoms with Gasteiger partial charge < -0.3 is 5.73 Å². The van der Waals surface area contributed by atoms with Crippen LogP contribution >= 0.6 is 0 Å². The number of hydrogen-bond acceptors (Lipinski definition) is 3. The Hall–Kier alpha value is -0.170. The predicted octanol–water partition coefficient (Wildman–Crippen LogP) is 1.07. The SMILES string of the molecule is CCCC(CCN)CNS(=O)(=O)N1CCCCC1. The van der Waals surface area contributed by atoms with E-state index in [1.54, 1.807) is 4.31 Å². The Morgan fingerprint density at radius 2 is 1.89 bits per heavy atom. The van der Waals surface area contributed by atoms with Gasteiger partial charge in [-0.3, -0.25) is 0 Å². The van der Waals surface area contributed by atoms with Crippen LogP contribution in [0.4, 0.5) is 0 Å². The van der Waals surface area contributed by atoms with Crippen molar-refractivity contribution in [1.29, 1.82) is 0 Å². The van der Waals surface area contributed by atoms with Crippen LogP contribution in [-0.4, -0.2) is 38.9 Å². The van der Waals surface area contributed by atoms with Crippen LogP contribution in [0, 0.1) is 5.92 Å². The standard InChI is InChI=1S/C12H27N3O2S/c1-2-6-12(7-8-13)11-14-18(16,17)15-9-4-3-5-10-15/h12,14H,2-11,13H2,1H3. The zero-order chi connectivity index (χ0) is 13.4.